The normalized spacial score (nSPS) is 21.1. The summed E-state index contributed by atoms with van der Waals surface area (Å²) in [5.41, 5.74) is 3.76. The van der Waals surface area contributed by atoms with E-state index in [4.69, 9.17) is 0 Å². The molecule has 1 atom stereocenters. The molecule has 3 heteroatoms. The van der Waals surface area contributed by atoms with Crippen LogP contribution in [0, 0.1) is 0 Å². The van der Waals surface area contributed by atoms with Crippen LogP contribution in [0.4, 0.5) is 0 Å². The van der Waals surface area contributed by atoms with Gasteiger partial charge in [0.15, 0.2) is 0 Å². The largest absolute Gasteiger partial charge is 0.329 e. The molecule has 2 aromatic rings. The number of nitrogens with zero attached hydrogens (tertiary/aromatic N) is 2. The van der Waals surface area contributed by atoms with Gasteiger partial charge in [-0.1, -0.05) is 12.1 Å². The fourth-order valence-corrected chi connectivity index (χ4v) is 2.13. The molecule has 1 aliphatic rings. The van der Waals surface area contributed by atoms with Gasteiger partial charge in [0.1, 0.15) is 0 Å². The van der Waals surface area contributed by atoms with Crippen molar-refractivity contribution in [3.63, 3.8) is 0 Å². The summed E-state index contributed by atoms with van der Waals surface area (Å²) in [7, 11) is 0. The number of aromatic nitrogens is 2. The Hall–Kier alpha value is -1.35. The van der Waals surface area contributed by atoms with Crippen molar-refractivity contribution in [1.29, 1.82) is 0 Å². The highest BCUT2D eigenvalue weighted by atomic mass is 15.1. The van der Waals surface area contributed by atoms with Crippen molar-refractivity contribution in [2.24, 2.45) is 0 Å². The van der Waals surface area contributed by atoms with Gasteiger partial charge in [-0.2, -0.15) is 0 Å². The third-order valence-corrected chi connectivity index (χ3v) is 2.83. The summed E-state index contributed by atoms with van der Waals surface area (Å²) in [5, 5.41) is 3.49. The zero-order chi connectivity index (χ0) is 9.54. The van der Waals surface area contributed by atoms with Crippen LogP contribution in [-0.4, -0.2) is 15.6 Å². The third-order valence-electron chi connectivity index (χ3n) is 2.83. The van der Waals surface area contributed by atoms with Crippen molar-refractivity contribution >= 4 is 11.0 Å². The molecule has 1 aromatic heterocycles. The zero-order valence-corrected chi connectivity index (χ0v) is 8.20. The van der Waals surface area contributed by atoms with E-state index in [1.54, 1.807) is 0 Å². The van der Waals surface area contributed by atoms with Crippen LogP contribution in [0.2, 0.25) is 0 Å². The van der Waals surface area contributed by atoms with Crippen LogP contribution < -0.4 is 5.32 Å². The van der Waals surface area contributed by atoms with Gasteiger partial charge in [0.05, 0.1) is 17.4 Å². The molecule has 3 rings (SSSR count). The van der Waals surface area contributed by atoms with Gasteiger partial charge >= 0.3 is 0 Å². The van der Waals surface area contributed by atoms with E-state index in [2.05, 4.69) is 40.0 Å². The lowest BCUT2D eigenvalue weighted by molar-refractivity contribution is 0.497. The lowest BCUT2D eigenvalue weighted by atomic mass is 10.2. The molecule has 0 spiro atoms. The minimum Gasteiger partial charge on any atom is -0.329 e. The lowest BCUT2D eigenvalue weighted by Gasteiger charge is -2.09. The molecule has 2 heterocycles. The Morgan fingerprint density at radius 1 is 1.50 bits per heavy atom. The quantitative estimate of drug-likeness (QED) is 0.677. The Morgan fingerprint density at radius 2 is 2.43 bits per heavy atom. The molecule has 0 saturated heterocycles. The van der Waals surface area contributed by atoms with Crippen LogP contribution in [0.1, 0.15) is 12.5 Å². The number of rotatable bonds is 0. The molecule has 72 valence electrons. The lowest BCUT2D eigenvalue weighted by Crippen LogP contribution is -2.27. The minimum absolute atomic E-state index is 0.514. The van der Waals surface area contributed by atoms with E-state index in [-0.39, 0.29) is 0 Å². The van der Waals surface area contributed by atoms with Crippen molar-refractivity contribution in [3.05, 3.63) is 30.1 Å². The van der Waals surface area contributed by atoms with Crippen molar-refractivity contribution in [1.82, 2.24) is 14.9 Å². The highest BCUT2D eigenvalue weighted by molar-refractivity contribution is 5.79. The van der Waals surface area contributed by atoms with E-state index in [9.17, 15) is 0 Å². The Kier molecular flexibility index (Phi) is 1.61. The molecule has 1 aromatic carbocycles. The van der Waals surface area contributed by atoms with Gasteiger partial charge in [-0.15, -0.1) is 0 Å². The number of benzene rings is 1. The predicted molar refractivity (Wildman–Crippen MR) is 56.0 cm³/mol. The summed E-state index contributed by atoms with van der Waals surface area (Å²) in [6.07, 6.45) is 1.94. The van der Waals surface area contributed by atoms with Crippen LogP contribution in [-0.2, 0) is 13.1 Å². The first-order valence-corrected chi connectivity index (χ1v) is 5.01. The van der Waals surface area contributed by atoms with Gasteiger partial charge < -0.3 is 9.88 Å². The molecule has 0 aliphatic carbocycles. The summed E-state index contributed by atoms with van der Waals surface area (Å²) in [4.78, 5) is 4.40. The fraction of sp³-hybridized carbons (Fsp3) is 0.364. The van der Waals surface area contributed by atoms with Crippen LogP contribution in [0.3, 0.4) is 0 Å². The number of hydrogen-bond acceptors (Lipinski definition) is 2. The van der Waals surface area contributed by atoms with Crippen molar-refractivity contribution < 1.29 is 0 Å². The van der Waals surface area contributed by atoms with Crippen molar-refractivity contribution in [2.75, 3.05) is 0 Å². The predicted octanol–water partition coefficient (Wildman–Crippen LogP) is 1.53. The maximum atomic E-state index is 4.40. The number of para-hydroxylation sites is 1. The summed E-state index contributed by atoms with van der Waals surface area (Å²) in [5.74, 6) is 0. The van der Waals surface area contributed by atoms with Crippen LogP contribution in [0.15, 0.2) is 24.5 Å². The second-order valence-corrected chi connectivity index (χ2v) is 3.96. The van der Waals surface area contributed by atoms with E-state index >= 15 is 0 Å². The van der Waals surface area contributed by atoms with Crippen LogP contribution in [0.25, 0.3) is 11.0 Å². The summed E-state index contributed by atoms with van der Waals surface area (Å²) < 4.78 is 2.25. The average Bonchev–Trinajstić information content (AvgIpc) is 2.51. The van der Waals surface area contributed by atoms with Crippen molar-refractivity contribution in [2.45, 2.75) is 26.1 Å². The third kappa shape index (κ3) is 1.06. The first-order chi connectivity index (χ1) is 6.84. The first kappa shape index (κ1) is 8.00. The summed E-state index contributed by atoms with van der Waals surface area (Å²) in [6, 6.07) is 6.84. The number of imidazole rings is 1. The average molecular weight is 187 g/mol. The fourth-order valence-electron chi connectivity index (χ4n) is 2.13. The Morgan fingerprint density at radius 3 is 3.36 bits per heavy atom. The van der Waals surface area contributed by atoms with Crippen LogP contribution in [0.5, 0.6) is 0 Å². The topological polar surface area (TPSA) is 29.9 Å². The second kappa shape index (κ2) is 2.82. The highest BCUT2D eigenvalue weighted by Crippen LogP contribution is 2.20. The van der Waals surface area contributed by atoms with Crippen LogP contribution >= 0.6 is 0 Å². The Bertz CT molecular complexity index is 472. The van der Waals surface area contributed by atoms with Gasteiger partial charge in [0.2, 0.25) is 0 Å². The molecule has 1 N–H and O–H groups in total. The molecule has 1 aliphatic heterocycles. The molecule has 1 unspecified atom stereocenters. The summed E-state index contributed by atoms with van der Waals surface area (Å²) in [6.45, 7) is 4.16. The first-order valence-electron chi connectivity index (χ1n) is 5.01. The molecule has 3 nitrogen and oxygen atoms in total. The minimum atomic E-state index is 0.514. The van der Waals surface area contributed by atoms with Crippen molar-refractivity contribution in [3.8, 4) is 0 Å². The molecule has 0 fully saturated rings. The second-order valence-electron chi connectivity index (χ2n) is 3.96. The van der Waals surface area contributed by atoms with E-state index in [0.717, 1.165) is 18.6 Å². The maximum Gasteiger partial charge on any atom is 0.0958 e. The molecular formula is C11H13N3. The highest BCUT2D eigenvalue weighted by Gasteiger charge is 2.14. The molecular weight excluding hydrogens is 174 g/mol. The number of nitrogens with one attached hydrogen (secondary N) is 1. The number of hydrogen-bond donors (Lipinski definition) is 1. The van der Waals surface area contributed by atoms with E-state index < -0.39 is 0 Å². The standard InChI is InChI=1S/C11H13N3/c1-8-6-14-7-13-10-4-2-3-9(5-12-8)11(10)14/h2-4,7-8,12H,5-6H2,1H3. The van der Waals surface area contributed by atoms with Gasteiger partial charge in [-0.05, 0) is 18.6 Å². The monoisotopic (exact) mass is 187 g/mol. The van der Waals surface area contributed by atoms with Gasteiger partial charge in [0.25, 0.3) is 0 Å². The summed E-state index contributed by atoms with van der Waals surface area (Å²) >= 11 is 0. The molecule has 0 radical (unpaired) electrons. The maximum absolute atomic E-state index is 4.40. The molecule has 0 saturated carbocycles. The van der Waals surface area contributed by atoms with E-state index in [1.165, 1.54) is 11.1 Å². The van der Waals surface area contributed by atoms with Gasteiger partial charge in [-0.25, -0.2) is 4.98 Å². The Labute approximate surface area is 82.8 Å². The molecule has 0 bridgehead atoms. The van der Waals surface area contributed by atoms with E-state index in [1.807, 2.05) is 6.33 Å². The van der Waals surface area contributed by atoms with E-state index in [0.29, 0.717) is 6.04 Å². The van der Waals surface area contributed by atoms with Gasteiger partial charge in [0, 0.05) is 19.1 Å². The molecule has 14 heavy (non-hydrogen) atoms. The Balaban J connectivity index is 2.30. The SMILES string of the molecule is CC1Cn2cnc3cccc(c32)CN1. The zero-order valence-electron chi connectivity index (χ0n) is 8.20. The smallest absolute Gasteiger partial charge is 0.0958 e. The van der Waals surface area contributed by atoms with Gasteiger partial charge in [-0.3, -0.25) is 0 Å². The molecule has 0 amide bonds.